The Morgan fingerprint density at radius 3 is 2.65 bits per heavy atom. The average molecular weight is 252 g/mol. The summed E-state index contributed by atoms with van der Waals surface area (Å²) in [5, 5.41) is 4.21. The van der Waals surface area contributed by atoms with Crippen molar-refractivity contribution >= 4 is 23.4 Å². The largest absolute Gasteiger partial charge is 0.383 e. The summed E-state index contributed by atoms with van der Waals surface area (Å²) in [4.78, 5) is 8.57. The lowest BCUT2D eigenvalue weighted by Crippen LogP contribution is -2.25. The van der Waals surface area contributed by atoms with E-state index < -0.39 is 0 Å². The molecular weight excluding hydrogens is 232 g/mol. The fourth-order valence-corrected chi connectivity index (χ4v) is 2.61. The molecule has 0 amide bonds. The summed E-state index contributed by atoms with van der Waals surface area (Å²) in [6.45, 7) is 2.32. The molecule has 5 heteroatoms. The quantitative estimate of drug-likeness (QED) is 0.639. The van der Waals surface area contributed by atoms with Crippen molar-refractivity contribution in [2.75, 3.05) is 17.3 Å². The number of nitrogen functional groups attached to an aromatic ring is 1. The van der Waals surface area contributed by atoms with E-state index >= 15 is 0 Å². The van der Waals surface area contributed by atoms with Gasteiger partial charge in [0.15, 0.2) is 5.16 Å². The van der Waals surface area contributed by atoms with Crippen molar-refractivity contribution in [1.29, 1.82) is 0 Å². The van der Waals surface area contributed by atoms with Gasteiger partial charge in [-0.05, 0) is 37.9 Å². The molecule has 0 aromatic carbocycles. The molecule has 2 rings (SSSR count). The molecule has 0 spiro atoms. The van der Waals surface area contributed by atoms with E-state index in [0.717, 1.165) is 16.9 Å². The smallest absolute Gasteiger partial charge is 0.191 e. The summed E-state index contributed by atoms with van der Waals surface area (Å²) in [6.07, 6.45) is 7.00. The van der Waals surface area contributed by atoms with Gasteiger partial charge in [-0.1, -0.05) is 18.7 Å². The third-order valence-electron chi connectivity index (χ3n) is 3.28. The highest BCUT2D eigenvalue weighted by Crippen LogP contribution is 2.26. The highest BCUT2D eigenvalue weighted by Gasteiger charge is 2.18. The molecule has 1 aliphatic carbocycles. The van der Waals surface area contributed by atoms with Crippen molar-refractivity contribution in [3.63, 3.8) is 0 Å². The predicted octanol–water partition coefficient (Wildman–Crippen LogP) is 2.77. The van der Waals surface area contributed by atoms with Crippen LogP contribution in [-0.2, 0) is 0 Å². The van der Waals surface area contributed by atoms with Gasteiger partial charge in [-0.15, -0.1) is 0 Å². The number of anilines is 2. The Balaban J connectivity index is 2.00. The van der Waals surface area contributed by atoms with Crippen LogP contribution in [0.5, 0.6) is 0 Å². The van der Waals surface area contributed by atoms with Gasteiger partial charge in [0.25, 0.3) is 0 Å². The summed E-state index contributed by atoms with van der Waals surface area (Å²) >= 11 is 1.52. The van der Waals surface area contributed by atoms with E-state index in [2.05, 4.69) is 22.2 Å². The molecule has 1 aromatic heterocycles. The van der Waals surface area contributed by atoms with Crippen LogP contribution in [0.1, 0.15) is 32.6 Å². The third-order valence-corrected chi connectivity index (χ3v) is 3.82. The SMILES string of the molecule is CSc1nc(N)cc(NC2CCC(C)CC2)n1. The van der Waals surface area contributed by atoms with Crippen molar-refractivity contribution in [2.24, 2.45) is 5.92 Å². The molecule has 1 saturated carbocycles. The fourth-order valence-electron chi connectivity index (χ4n) is 2.22. The van der Waals surface area contributed by atoms with Crippen molar-refractivity contribution < 1.29 is 0 Å². The molecule has 1 aromatic rings. The Labute approximate surface area is 107 Å². The van der Waals surface area contributed by atoms with Crippen LogP contribution in [0.2, 0.25) is 0 Å². The molecule has 0 atom stereocenters. The maximum absolute atomic E-state index is 5.76. The first-order valence-corrected chi connectivity index (χ1v) is 7.35. The third kappa shape index (κ3) is 3.49. The van der Waals surface area contributed by atoms with Crippen LogP contribution in [0, 0.1) is 5.92 Å². The minimum Gasteiger partial charge on any atom is -0.383 e. The number of nitrogens with two attached hydrogens (primary N) is 1. The van der Waals surface area contributed by atoms with Gasteiger partial charge >= 0.3 is 0 Å². The second kappa shape index (κ2) is 5.58. The lowest BCUT2D eigenvalue weighted by atomic mass is 9.87. The number of hydrogen-bond donors (Lipinski definition) is 2. The van der Waals surface area contributed by atoms with Gasteiger partial charge in [-0.25, -0.2) is 9.97 Å². The highest BCUT2D eigenvalue weighted by atomic mass is 32.2. The number of thioether (sulfide) groups is 1. The summed E-state index contributed by atoms with van der Waals surface area (Å²) in [7, 11) is 0. The van der Waals surface area contributed by atoms with Crippen LogP contribution in [0.15, 0.2) is 11.2 Å². The number of nitrogens with one attached hydrogen (secondary N) is 1. The summed E-state index contributed by atoms with van der Waals surface area (Å²) in [6, 6.07) is 2.35. The molecular formula is C12H20N4S. The van der Waals surface area contributed by atoms with Crippen LogP contribution in [0.3, 0.4) is 0 Å². The maximum atomic E-state index is 5.76. The van der Waals surface area contributed by atoms with Gasteiger partial charge in [0.1, 0.15) is 11.6 Å². The van der Waals surface area contributed by atoms with Crippen molar-refractivity contribution in [1.82, 2.24) is 9.97 Å². The molecule has 0 unspecified atom stereocenters. The number of rotatable bonds is 3. The molecule has 1 fully saturated rings. The Hall–Kier alpha value is -0.970. The van der Waals surface area contributed by atoms with Gasteiger partial charge in [-0.2, -0.15) is 0 Å². The Morgan fingerprint density at radius 1 is 1.29 bits per heavy atom. The molecule has 1 aliphatic rings. The summed E-state index contributed by atoms with van der Waals surface area (Å²) < 4.78 is 0. The van der Waals surface area contributed by atoms with E-state index in [-0.39, 0.29) is 0 Å². The molecule has 1 heterocycles. The molecule has 0 radical (unpaired) electrons. The zero-order valence-corrected chi connectivity index (χ0v) is 11.3. The van der Waals surface area contributed by atoms with Crippen LogP contribution in [0.25, 0.3) is 0 Å². The Bertz CT molecular complexity index is 375. The molecule has 3 N–H and O–H groups in total. The Morgan fingerprint density at radius 2 is 2.00 bits per heavy atom. The van der Waals surface area contributed by atoms with Crippen LogP contribution >= 0.6 is 11.8 Å². The lowest BCUT2D eigenvalue weighted by Gasteiger charge is -2.27. The number of hydrogen-bond acceptors (Lipinski definition) is 5. The molecule has 0 aliphatic heterocycles. The zero-order chi connectivity index (χ0) is 12.3. The van der Waals surface area contributed by atoms with Crippen LogP contribution in [-0.4, -0.2) is 22.3 Å². The summed E-state index contributed by atoms with van der Waals surface area (Å²) in [5.41, 5.74) is 5.76. The van der Waals surface area contributed by atoms with E-state index in [9.17, 15) is 0 Å². The molecule has 0 saturated heterocycles. The van der Waals surface area contributed by atoms with E-state index in [4.69, 9.17) is 5.73 Å². The second-order valence-electron chi connectivity index (χ2n) is 4.77. The Kier molecular flexibility index (Phi) is 4.10. The van der Waals surface area contributed by atoms with Crippen molar-refractivity contribution in [2.45, 2.75) is 43.8 Å². The molecule has 17 heavy (non-hydrogen) atoms. The van der Waals surface area contributed by atoms with Crippen LogP contribution < -0.4 is 11.1 Å². The van der Waals surface area contributed by atoms with Crippen molar-refractivity contribution in [3.05, 3.63) is 6.07 Å². The van der Waals surface area contributed by atoms with E-state index in [1.54, 1.807) is 0 Å². The summed E-state index contributed by atoms with van der Waals surface area (Å²) in [5.74, 6) is 2.27. The first-order chi connectivity index (χ1) is 8.17. The fraction of sp³-hybridized carbons (Fsp3) is 0.667. The monoisotopic (exact) mass is 252 g/mol. The van der Waals surface area contributed by atoms with Crippen molar-refractivity contribution in [3.8, 4) is 0 Å². The zero-order valence-electron chi connectivity index (χ0n) is 10.4. The predicted molar refractivity (Wildman–Crippen MR) is 73.3 cm³/mol. The number of nitrogens with zero attached hydrogens (tertiary/aromatic N) is 2. The van der Waals surface area contributed by atoms with Crippen LogP contribution in [0.4, 0.5) is 11.6 Å². The maximum Gasteiger partial charge on any atom is 0.191 e. The van der Waals surface area contributed by atoms with Gasteiger partial charge < -0.3 is 11.1 Å². The normalized spacial score (nSPS) is 24.6. The van der Waals surface area contributed by atoms with E-state index in [0.29, 0.717) is 11.9 Å². The minimum absolute atomic E-state index is 0.537. The van der Waals surface area contributed by atoms with E-state index in [1.165, 1.54) is 37.4 Å². The van der Waals surface area contributed by atoms with Gasteiger partial charge in [0, 0.05) is 12.1 Å². The minimum atomic E-state index is 0.537. The first kappa shape index (κ1) is 12.5. The average Bonchev–Trinajstić information content (AvgIpc) is 2.31. The van der Waals surface area contributed by atoms with Gasteiger partial charge in [0.2, 0.25) is 0 Å². The second-order valence-corrected chi connectivity index (χ2v) is 5.54. The highest BCUT2D eigenvalue weighted by molar-refractivity contribution is 7.98. The van der Waals surface area contributed by atoms with Gasteiger partial charge in [-0.3, -0.25) is 0 Å². The molecule has 4 nitrogen and oxygen atoms in total. The van der Waals surface area contributed by atoms with Gasteiger partial charge in [0.05, 0.1) is 0 Å². The molecule has 0 bridgehead atoms. The lowest BCUT2D eigenvalue weighted by molar-refractivity contribution is 0.360. The van der Waals surface area contributed by atoms with E-state index in [1.807, 2.05) is 12.3 Å². The number of aromatic nitrogens is 2. The molecule has 94 valence electrons. The topological polar surface area (TPSA) is 63.8 Å². The standard InChI is InChI=1S/C12H20N4S/c1-8-3-5-9(6-4-8)14-11-7-10(13)15-12(16-11)17-2/h7-9H,3-6H2,1-2H3,(H3,13,14,15,16). The first-order valence-electron chi connectivity index (χ1n) is 6.12.